The molecule has 20 heavy (non-hydrogen) atoms. The van der Waals surface area contributed by atoms with Crippen molar-refractivity contribution in [3.05, 3.63) is 29.8 Å². The highest BCUT2D eigenvalue weighted by molar-refractivity contribution is 6.05. The van der Waals surface area contributed by atoms with Crippen LogP contribution in [-0.2, 0) is 9.53 Å². The molecule has 1 aliphatic heterocycles. The predicted molar refractivity (Wildman–Crippen MR) is 76.6 cm³/mol. The zero-order chi connectivity index (χ0) is 14.5. The van der Waals surface area contributed by atoms with Crippen molar-refractivity contribution in [2.45, 2.75) is 25.2 Å². The summed E-state index contributed by atoms with van der Waals surface area (Å²) in [4.78, 5) is 16.0. The summed E-state index contributed by atoms with van der Waals surface area (Å²) in [5.41, 5.74) is 7.35. The number of aliphatic hydroxyl groups excluding tert-OH is 1. The van der Waals surface area contributed by atoms with Gasteiger partial charge in [-0.1, -0.05) is 12.1 Å². The molecule has 1 aromatic rings. The van der Waals surface area contributed by atoms with Crippen LogP contribution in [0.5, 0.6) is 0 Å². The van der Waals surface area contributed by atoms with E-state index in [-0.39, 0.29) is 24.8 Å². The van der Waals surface area contributed by atoms with Crippen LogP contribution in [0.25, 0.3) is 0 Å². The average molecular weight is 277 g/mol. The van der Waals surface area contributed by atoms with Gasteiger partial charge in [-0.2, -0.15) is 4.99 Å². The van der Waals surface area contributed by atoms with Crippen LogP contribution in [0.3, 0.4) is 0 Å². The fraction of sp³-hybridized carbons (Fsp3) is 0.429. The fourth-order valence-corrected chi connectivity index (χ4v) is 2.39. The van der Waals surface area contributed by atoms with E-state index in [9.17, 15) is 4.79 Å². The molecule has 1 aliphatic rings. The topological polar surface area (TPSA) is 88.2 Å². The Kier molecular flexibility index (Phi) is 4.70. The number of benzene rings is 1. The lowest BCUT2D eigenvalue weighted by Gasteiger charge is -2.28. The van der Waals surface area contributed by atoms with E-state index < -0.39 is 0 Å². The normalized spacial score (nSPS) is 22.8. The van der Waals surface area contributed by atoms with Crippen LogP contribution in [0, 0.1) is 0 Å². The summed E-state index contributed by atoms with van der Waals surface area (Å²) >= 11 is 0. The molecule has 2 unspecified atom stereocenters. The zero-order valence-electron chi connectivity index (χ0n) is 11.4. The van der Waals surface area contributed by atoms with E-state index in [0.717, 1.165) is 18.5 Å². The van der Waals surface area contributed by atoms with E-state index in [1.165, 1.54) is 0 Å². The van der Waals surface area contributed by atoms with Gasteiger partial charge in [0, 0.05) is 18.3 Å². The van der Waals surface area contributed by atoms with Gasteiger partial charge in [-0.05, 0) is 25.0 Å². The van der Waals surface area contributed by atoms with Crippen molar-refractivity contribution < 1.29 is 14.6 Å². The Balaban J connectivity index is 2.24. The zero-order valence-corrected chi connectivity index (χ0v) is 11.4. The number of nitrogens with zero attached hydrogens (tertiary/aromatic N) is 2. The summed E-state index contributed by atoms with van der Waals surface area (Å²) in [5, 5.41) is 9.13. The average Bonchev–Trinajstić information content (AvgIpc) is 2.95. The van der Waals surface area contributed by atoms with Gasteiger partial charge in [0.15, 0.2) is 0 Å². The highest BCUT2D eigenvalue weighted by Crippen LogP contribution is 2.28. The third-order valence-electron chi connectivity index (χ3n) is 3.47. The van der Waals surface area contributed by atoms with E-state index in [0.29, 0.717) is 12.0 Å². The highest BCUT2D eigenvalue weighted by Gasteiger charge is 2.28. The van der Waals surface area contributed by atoms with Gasteiger partial charge < -0.3 is 20.5 Å². The van der Waals surface area contributed by atoms with Gasteiger partial charge in [0.25, 0.3) is 0 Å². The Labute approximate surface area is 117 Å². The number of para-hydroxylation sites is 1. The van der Waals surface area contributed by atoms with Gasteiger partial charge in [0.1, 0.15) is 12.1 Å². The van der Waals surface area contributed by atoms with E-state index in [4.69, 9.17) is 15.6 Å². The van der Waals surface area contributed by atoms with Gasteiger partial charge in [0.05, 0.1) is 12.7 Å². The molecule has 0 spiro atoms. The molecule has 108 valence electrons. The quantitative estimate of drug-likeness (QED) is 0.464. The van der Waals surface area contributed by atoms with Crippen LogP contribution in [0.15, 0.2) is 29.3 Å². The molecular formula is C14H19N3O3. The van der Waals surface area contributed by atoms with Crippen molar-refractivity contribution >= 4 is 17.9 Å². The molecule has 6 heteroatoms. The summed E-state index contributed by atoms with van der Waals surface area (Å²) in [6.07, 6.45) is 1.86. The Morgan fingerprint density at radius 1 is 1.55 bits per heavy atom. The lowest BCUT2D eigenvalue weighted by molar-refractivity contribution is -0.106. The number of amidine groups is 1. The molecule has 2 rings (SSSR count). The summed E-state index contributed by atoms with van der Waals surface area (Å²) in [5.74, 6) is 0.180. The van der Waals surface area contributed by atoms with E-state index in [2.05, 4.69) is 4.99 Å². The Bertz CT molecular complexity index is 504. The third kappa shape index (κ3) is 2.97. The van der Waals surface area contributed by atoms with Crippen LogP contribution in [-0.4, -0.2) is 43.3 Å². The van der Waals surface area contributed by atoms with Gasteiger partial charge in [-0.25, -0.2) is 0 Å². The van der Waals surface area contributed by atoms with Crippen LogP contribution >= 0.6 is 0 Å². The van der Waals surface area contributed by atoms with E-state index in [1.54, 1.807) is 0 Å². The summed E-state index contributed by atoms with van der Waals surface area (Å²) in [7, 11) is 1.90. The largest absolute Gasteiger partial charge is 0.394 e. The van der Waals surface area contributed by atoms with Crippen LogP contribution in [0.1, 0.15) is 18.4 Å². The SMILES string of the molecule is CN(c1ccccc1C(N)=NC=O)C1CCC(CO)O1. The molecular weight excluding hydrogens is 258 g/mol. The summed E-state index contributed by atoms with van der Waals surface area (Å²) < 4.78 is 5.75. The molecule has 0 bridgehead atoms. The van der Waals surface area contributed by atoms with Crippen molar-refractivity contribution in [2.75, 3.05) is 18.6 Å². The van der Waals surface area contributed by atoms with Crippen LogP contribution < -0.4 is 10.6 Å². The standard InChI is InChI=1S/C14H19N3O3/c1-17(13-7-6-10(8-18)20-13)12-5-3-2-4-11(12)14(15)16-9-19/h2-5,9-10,13,18H,6-8H2,1H3,(H2,15,16,19). The second-order valence-electron chi connectivity index (χ2n) is 4.72. The number of amides is 1. The molecule has 6 nitrogen and oxygen atoms in total. The number of rotatable bonds is 5. The van der Waals surface area contributed by atoms with Crippen molar-refractivity contribution in [3.8, 4) is 0 Å². The van der Waals surface area contributed by atoms with Crippen LogP contribution in [0.4, 0.5) is 5.69 Å². The lowest BCUT2D eigenvalue weighted by Crippen LogP contribution is -2.34. The van der Waals surface area contributed by atoms with Gasteiger partial charge in [-0.3, -0.25) is 4.79 Å². The first-order valence-corrected chi connectivity index (χ1v) is 6.52. The number of aliphatic imine (C=N–C) groups is 1. The Morgan fingerprint density at radius 2 is 2.30 bits per heavy atom. The fourth-order valence-electron chi connectivity index (χ4n) is 2.39. The molecule has 0 radical (unpaired) electrons. The monoisotopic (exact) mass is 277 g/mol. The molecule has 2 atom stereocenters. The second kappa shape index (κ2) is 6.49. The molecule has 1 saturated heterocycles. The predicted octanol–water partition coefficient (Wildman–Crippen LogP) is 0.482. The second-order valence-corrected chi connectivity index (χ2v) is 4.72. The Hall–Kier alpha value is -1.92. The number of hydrogen-bond acceptors (Lipinski definition) is 4. The maximum absolute atomic E-state index is 10.5. The number of anilines is 1. The first-order chi connectivity index (χ1) is 9.67. The number of aliphatic hydroxyl groups is 1. The van der Waals surface area contributed by atoms with Crippen LogP contribution in [0.2, 0.25) is 0 Å². The molecule has 1 fully saturated rings. The van der Waals surface area contributed by atoms with Crippen molar-refractivity contribution in [1.29, 1.82) is 0 Å². The van der Waals surface area contributed by atoms with Crippen molar-refractivity contribution in [2.24, 2.45) is 10.7 Å². The first-order valence-electron chi connectivity index (χ1n) is 6.52. The lowest BCUT2D eigenvalue weighted by atomic mass is 10.1. The molecule has 1 aromatic carbocycles. The first kappa shape index (κ1) is 14.5. The smallest absolute Gasteiger partial charge is 0.234 e. The molecule has 0 aliphatic carbocycles. The summed E-state index contributed by atoms with van der Waals surface area (Å²) in [6, 6.07) is 7.44. The number of ether oxygens (including phenoxy) is 1. The third-order valence-corrected chi connectivity index (χ3v) is 3.47. The van der Waals surface area contributed by atoms with Gasteiger partial charge in [-0.15, -0.1) is 0 Å². The summed E-state index contributed by atoms with van der Waals surface area (Å²) in [6.45, 7) is 0.0285. The Morgan fingerprint density at radius 3 is 2.95 bits per heavy atom. The van der Waals surface area contributed by atoms with Crippen molar-refractivity contribution in [1.82, 2.24) is 0 Å². The minimum Gasteiger partial charge on any atom is -0.394 e. The molecule has 0 aromatic heterocycles. The number of hydrogen-bond donors (Lipinski definition) is 2. The molecule has 1 amide bonds. The maximum Gasteiger partial charge on any atom is 0.234 e. The maximum atomic E-state index is 10.5. The molecule has 1 heterocycles. The minimum absolute atomic E-state index is 0.0285. The van der Waals surface area contributed by atoms with E-state index in [1.807, 2.05) is 36.2 Å². The molecule has 0 saturated carbocycles. The highest BCUT2D eigenvalue weighted by atomic mass is 16.5. The van der Waals surface area contributed by atoms with Gasteiger partial charge in [0.2, 0.25) is 6.41 Å². The van der Waals surface area contributed by atoms with Crippen molar-refractivity contribution in [3.63, 3.8) is 0 Å². The molecule has 3 N–H and O–H groups in total. The number of carbonyl (C=O) groups excluding carboxylic acids is 1. The van der Waals surface area contributed by atoms with E-state index >= 15 is 0 Å². The number of nitrogens with two attached hydrogens (primary N) is 1. The minimum atomic E-state index is -0.115. The number of carbonyl (C=O) groups is 1. The van der Waals surface area contributed by atoms with Gasteiger partial charge >= 0.3 is 0 Å².